The van der Waals surface area contributed by atoms with Gasteiger partial charge < -0.3 is 5.73 Å². The fourth-order valence-corrected chi connectivity index (χ4v) is 3.95. The van der Waals surface area contributed by atoms with Gasteiger partial charge in [0.15, 0.2) is 0 Å². The third kappa shape index (κ3) is 3.08. The maximum Gasteiger partial charge on any atom is 0.0334 e. The molecule has 0 heterocycles. The van der Waals surface area contributed by atoms with Crippen molar-refractivity contribution in [1.82, 2.24) is 4.90 Å². The highest BCUT2D eigenvalue weighted by molar-refractivity contribution is 5.01. The number of hydrogen-bond donors (Lipinski definition) is 1. The minimum absolute atomic E-state index is 0.363. The molecule has 2 aliphatic carbocycles. The van der Waals surface area contributed by atoms with Crippen LogP contribution in [0.1, 0.15) is 71.6 Å². The Labute approximate surface area is 113 Å². The van der Waals surface area contributed by atoms with Gasteiger partial charge in [0, 0.05) is 18.1 Å². The van der Waals surface area contributed by atoms with Crippen LogP contribution < -0.4 is 5.73 Å². The van der Waals surface area contributed by atoms with Crippen molar-refractivity contribution < 1.29 is 0 Å². The molecule has 106 valence electrons. The van der Waals surface area contributed by atoms with Crippen LogP contribution in [-0.4, -0.2) is 29.6 Å². The molecular formula is C16H32N2. The zero-order valence-electron chi connectivity index (χ0n) is 12.5. The predicted molar refractivity (Wildman–Crippen MR) is 78.7 cm³/mol. The Morgan fingerprint density at radius 1 is 1.06 bits per heavy atom. The van der Waals surface area contributed by atoms with E-state index in [2.05, 4.69) is 18.7 Å². The average molecular weight is 252 g/mol. The molecule has 0 aromatic carbocycles. The highest BCUT2D eigenvalue weighted by Crippen LogP contribution is 2.42. The smallest absolute Gasteiger partial charge is 0.0334 e. The molecule has 0 radical (unpaired) electrons. The van der Waals surface area contributed by atoms with Crippen molar-refractivity contribution in [2.75, 3.05) is 13.1 Å². The van der Waals surface area contributed by atoms with Crippen molar-refractivity contribution in [1.29, 1.82) is 0 Å². The van der Waals surface area contributed by atoms with Crippen LogP contribution in [0.15, 0.2) is 0 Å². The molecule has 0 bridgehead atoms. The third-order valence-electron chi connectivity index (χ3n) is 5.17. The zero-order valence-corrected chi connectivity index (χ0v) is 12.5. The Hall–Kier alpha value is -0.0800. The first-order valence-corrected chi connectivity index (χ1v) is 8.22. The van der Waals surface area contributed by atoms with E-state index in [-0.39, 0.29) is 0 Å². The number of hydrogen-bond acceptors (Lipinski definition) is 2. The van der Waals surface area contributed by atoms with E-state index in [9.17, 15) is 0 Å². The van der Waals surface area contributed by atoms with Crippen molar-refractivity contribution in [3.05, 3.63) is 0 Å². The summed E-state index contributed by atoms with van der Waals surface area (Å²) in [4.78, 5) is 2.80. The molecule has 0 aliphatic heterocycles. The zero-order chi connectivity index (χ0) is 13.0. The summed E-state index contributed by atoms with van der Waals surface area (Å²) in [6.45, 7) is 6.77. The molecule has 0 atom stereocenters. The highest BCUT2D eigenvalue weighted by Gasteiger charge is 2.44. The molecule has 0 saturated heterocycles. The van der Waals surface area contributed by atoms with Crippen molar-refractivity contribution in [2.45, 2.75) is 83.2 Å². The van der Waals surface area contributed by atoms with E-state index in [1.165, 1.54) is 64.3 Å². The predicted octanol–water partition coefficient (Wildman–Crippen LogP) is 3.55. The summed E-state index contributed by atoms with van der Waals surface area (Å²) in [5.74, 6) is 0.984. The molecule has 0 amide bonds. The maximum absolute atomic E-state index is 6.21. The topological polar surface area (TPSA) is 29.3 Å². The first kappa shape index (κ1) is 14.3. The summed E-state index contributed by atoms with van der Waals surface area (Å²) < 4.78 is 0. The summed E-state index contributed by atoms with van der Waals surface area (Å²) >= 11 is 0. The van der Waals surface area contributed by atoms with E-state index in [0.717, 1.165) is 18.5 Å². The lowest BCUT2D eigenvalue weighted by Gasteiger charge is -2.48. The van der Waals surface area contributed by atoms with Gasteiger partial charge in [-0.15, -0.1) is 0 Å². The molecule has 2 nitrogen and oxygen atoms in total. The Bertz CT molecular complexity index is 239. The monoisotopic (exact) mass is 252 g/mol. The van der Waals surface area contributed by atoms with Gasteiger partial charge in [0.05, 0.1) is 0 Å². The SMILES string of the molecule is CCCC1CCC(CN)(N(CCC)C2CC2)CC1. The molecule has 2 heteroatoms. The van der Waals surface area contributed by atoms with E-state index in [1.807, 2.05) is 0 Å². The molecule has 2 fully saturated rings. The highest BCUT2D eigenvalue weighted by atomic mass is 15.3. The summed E-state index contributed by atoms with van der Waals surface area (Å²) in [6, 6.07) is 0.872. The number of rotatable bonds is 7. The Balaban J connectivity index is 1.97. The molecule has 2 saturated carbocycles. The van der Waals surface area contributed by atoms with Crippen LogP contribution in [0.25, 0.3) is 0 Å². The van der Waals surface area contributed by atoms with Crippen molar-refractivity contribution in [3.8, 4) is 0 Å². The van der Waals surface area contributed by atoms with Crippen LogP contribution in [0.2, 0.25) is 0 Å². The first-order chi connectivity index (χ1) is 8.75. The summed E-state index contributed by atoms with van der Waals surface area (Å²) in [7, 11) is 0. The van der Waals surface area contributed by atoms with E-state index in [0.29, 0.717) is 5.54 Å². The third-order valence-corrected chi connectivity index (χ3v) is 5.17. The Kier molecular flexibility index (Phi) is 5.08. The lowest BCUT2D eigenvalue weighted by atomic mass is 9.74. The first-order valence-electron chi connectivity index (χ1n) is 8.22. The van der Waals surface area contributed by atoms with Gasteiger partial charge in [-0.25, -0.2) is 0 Å². The number of nitrogens with two attached hydrogens (primary N) is 1. The molecular weight excluding hydrogens is 220 g/mol. The largest absolute Gasteiger partial charge is 0.329 e. The van der Waals surface area contributed by atoms with Gasteiger partial charge >= 0.3 is 0 Å². The van der Waals surface area contributed by atoms with E-state index < -0.39 is 0 Å². The standard InChI is InChI=1S/C16H32N2/c1-3-5-14-8-10-16(13-17,11-9-14)18(12-4-2)15-6-7-15/h14-15H,3-13,17H2,1-2H3. The van der Waals surface area contributed by atoms with E-state index in [4.69, 9.17) is 5.73 Å². The van der Waals surface area contributed by atoms with Crippen LogP contribution in [0, 0.1) is 5.92 Å². The molecule has 2 N–H and O–H groups in total. The van der Waals surface area contributed by atoms with Crippen LogP contribution in [0.4, 0.5) is 0 Å². The molecule has 0 unspecified atom stereocenters. The second-order valence-corrected chi connectivity index (χ2v) is 6.59. The summed E-state index contributed by atoms with van der Waals surface area (Å²) in [6.07, 6.45) is 12.4. The van der Waals surface area contributed by atoms with Crippen LogP contribution >= 0.6 is 0 Å². The fraction of sp³-hybridized carbons (Fsp3) is 1.00. The summed E-state index contributed by atoms with van der Waals surface area (Å²) in [5, 5.41) is 0. The van der Waals surface area contributed by atoms with E-state index >= 15 is 0 Å². The normalized spacial score (nSPS) is 33.0. The van der Waals surface area contributed by atoms with Crippen LogP contribution in [0.3, 0.4) is 0 Å². The quantitative estimate of drug-likeness (QED) is 0.751. The molecule has 0 aromatic heterocycles. The Morgan fingerprint density at radius 3 is 2.17 bits per heavy atom. The fourth-order valence-electron chi connectivity index (χ4n) is 3.95. The second-order valence-electron chi connectivity index (χ2n) is 6.59. The van der Waals surface area contributed by atoms with Crippen molar-refractivity contribution in [3.63, 3.8) is 0 Å². The lowest BCUT2D eigenvalue weighted by molar-refractivity contribution is 0.0336. The van der Waals surface area contributed by atoms with Crippen LogP contribution in [0.5, 0.6) is 0 Å². The van der Waals surface area contributed by atoms with E-state index in [1.54, 1.807) is 0 Å². The Morgan fingerprint density at radius 2 is 1.72 bits per heavy atom. The molecule has 2 aliphatic rings. The van der Waals surface area contributed by atoms with Gasteiger partial charge in [0.25, 0.3) is 0 Å². The minimum atomic E-state index is 0.363. The van der Waals surface area contributed by atoms with Crippen molar-refractivity contribution >= 4 is 0 Å². The lowest BCUT2D eigenvalue weighted by Crippen LogP contribution is -2.56. The van der Waals surface area contributed by atoms with Crippen molar-refractivity contribution in [2.24, 2.45) is 11.7 Å². The summed E-state index contributed by atoms with van der Waals surface area (Å²) in [5.41, 5.74) is 6.58. The van der Waals surface area contributed by atoms with Gasteiger partial charge in [-0.2, -0.15) is 0 Å². The maximum atomic E-state index is 6.21. The molecule has 18 heavy (non-hydrogen) atoms. The van der Waals surface area contributed by atoms with Gasteiger partial charge in [-0.05, 0) is 57.4 Å². The van der Waals surface area contributed by atoms with Gasteiger partial charge in [-0.3, -0.25) is 4.90 Å². The van der Waals surface area contributed by atoms with Gasteiger partial charge in [-0.1, -0.05) is 26.7 Å². The second kappa shape index (κ2) is 6.38. The average Bonchev–Trinajstić information content (AvgIpc) is 3.22. The molecule has 2 rings (SSSR count). The van der Waals surface area contributed by atoms with Crippen LogP contribution in [-0.2, 0) is 0 Å². The minimum Gasteiger partial charge on any atom is -0.329 e. The molecule has 0 spiro atoms. The van der Waals surface area contributed by atoms with Gasteiger partial charge in [0.2, 0.25) is 0 Å². The number of nitrogens with zero attached hydrogens (tertiary/aromatic N) is 1. The molecule has 0 aromatic rings. The van der Waals surface area contributed by atoms with Gasteiger partial charge in [0.1, 0.15) is 0 Å².